The summed E-state index contributed by atoms with van der Waals surface area (Å²) in [6, 6.07) is 11.7. The van der Waals surface area contributed by atoms with Crippen LogP contribution in [0.25, 0.3) is 0 Å². The maximum Gasteiger partial charge on any atom is 0.257 e. The van der Waals surface area contributed by atoms with Crippen LogP contribution < -0.4 is 19.5 Å². The number of nitrogens with one attached hydrogen (secondary N) is 1. The quantitative estimate of drug-likeness (QED) is 0.862. The van der Waals surface area contributed by atoms with Crippen LogP contribution >= 0.6 is 0 Å². The van der Waals surface area contributed by atoms with Crippen molar-refractivity contribution >= 4 is 5.69 Å². The molecular weight excluding hydrogens is 256 g/mol. The SMILES string of the molecule is c1ccc2c(c1)NCC(c1ccc3c(n1)OCCO3)O2. The lowest BCUT2D eigenvalue weighted by Crippen LogP contribution is -2.25. The fourth-order valence-electron chi connectivity index (χ4n) is 2.40. The third-order valence-corrected chi connectivity index (χ3v) is 3.39. The average Bonchev–Trinajstić information content (AvgIpc) is 2.54. The van der Waals surface area contributed by atoms with Crippen LogP contribution in [-0.4, -0.2) is 24.7 Å². The molecule has 102 valence electrons. The lowest BCUT2D eigenvalue weighted by Gasteiger charge is -2.27. The Morgan fingerprint density at radius 3 is 2.90 bits per heavy atom. The van der Waals surface area contributed by atoms with Gasteiger partial charge in [-0.25, -0.2) is 4.98 Å². The van der Waals surface area contributed by atoms with Crippen molar-refractivity contribution in [2.45, 2.75) is 6.10 Å². The van der Waals surface area contributed by atoms with Crippen molar-refractivity contribution in [1.82, 2.24) is 4.98 Å². The number of aromatic nitrogens is 1. The fourth-order valence-corrected chi connectivity index (χ4v) is 2.40. The van der Waals surface area contributed by atoms with Crippen LogP contribution in [0.2, 0.25) is 0 Å². The van der Waals surface area contributed by atoms with Gasteiger partial charge in [-0.2, -0.15) is 0 Å². The van der Waals surface area contributed by atoms with Crippen LogP contribution in [-0.2, 0) is 0 Å². The Hall–Kier alpha value is -2.43. The molecule has 0 fully saturated rings. The second kappa shape index (κ2) is 4.59. The van der Waals surface area contributed by atoms with E-state index in [0.29, 0.717) is 31.4 Å². The largest absolute Gasteiger partial charge is 0.484 e. The van der Waals surface area contributed by atoms with Crippen molar-refractivity contribution in [3.05, 3.63) is 42.1 Å². The number of hydrogen-bond donors (Lipinski definition) is 1. The number of para-hydroxylation sites is 2. The number of ether oxygens (including phenoxy) is 3. The van der Waals surface area contributed by atoms with E-state index in [9.17, 15) is 0 Å². The van der Waals surface area contributed by atoms with E-state index >= 15 is 0 Å². The third-order valence-electron chi connectivity index (χ3n) is 3.39. The Morgan fingerprint density at radius 1 is 1.00 bits per heavy atom. The lowest BCUT2D eigenvalue weighted by molar-refractivity contribution is 0.159. The van der Waals surface area contributed by atoms with Gasteiger partial charge in [-0.05, 0) is 24.3 Å². The van der Waals surface area contributed by atoms with Gasteiger partial charge in [-0.3, -0.25) is 0 Å². The molecule has 2 aromatic rings. The molecule has 0 amide bonds. The van der Waals surface area contributed by atoms with E-state index < -0.39 is 0 Å². The molecule has 1 atom stereocenters. The molecule has 0 aliphatic carbocycles. The zero-order valence-corrected chi connectivity index (χ0v) is 10.8. The number of fused-ring (bicyclic) bond motifs is 2. The van der Waals surface area contributed by atoms with Crippen LogP contribution in [0.15, 0.2) is 36.4 Å². The Bertz CT molecular complexity index is 645. The van der Waals surface area contributed by atoms with E-state index in [1.54, 1.807) is 0 Å². The summed E-state index contributed by atoms with van der Waals surface area (Å²) in [5.74, 6) is 2.10. The molecule has 0 radical (unpaired) electrons. The minimum atomic E-state index is -0.124. The summed E-state index contributed by atoms with van der Waals surface area (Å²) in [5.41, 5.74) is 1.86. The number of rotatable bonds is 1. The molecular formula is C15H14N2O3. The highest BCUT2D eigenvalue weighted by Gasteiger charge is 2.24. The van der Waals surface area contributed by atoms with Crippen molar-refractivity contribution in [3.63, 3.8) is 0 Å². The molecule has 0 saturated heterocycles. The number of anilines is 1. The molecule has 0 saturated carbocycles. The summed E-state index contributed by atoms with van der Waals surface area (Å²) in [7, 11) is 0. The summed E-state index contributed by atoms with van der Waals surface area (Å²) >= 11 is 0. The molecule has 1 aromatic carbocycles. The van der Waals surface area contributed by atoms with Gasteiger partial charge in [0, 0.05) is 0 Å². The zero-order valence-electron chi connectivity index (χ0n) is 10.8. The second-order valence-electron chi connectivity index (χ2n) is 4.72. The Kier molecular flexibility index (Phi) is 2.62. The molecule has 0 bridgehead atoms. The van der Waals surface area contributed by atoms with Gasteiger partial charge < -0.3 is 19.5 Å². The van der Waals surface area contributed by atoms with Crippen LogP contribution in [0, 0.1) is 0 Å². The molecule has 3 heterocycles. The number of nitrogens with zero attached hydrogens (tertiary/aromatic N) is 1. The molecule has 5 heteroatoms. The molecule has 1 unspecified atom stereocenters. The van der Waals surface area contributed by atoms with E-state index in [1.165, 1.54) is 0 Å². The monoisotopic (exact) mass is 270 g/mol. The maximum absolute atomic E-state index is 5.99. The van der Waals surface area contributed by atoms with E-state index in [0.717, 1.165) is 17.1 Å². The number of pyridine rings is 1. The molecule has 4 rings (SSSR count). The van der Waals surface area contributed by atoms with Crippen molar-refractivity contribution in [2.24, 2.45) is 0 Å². The standard InChI is InChI=1S/C15H14N2O3/c1-2-4-12-10(3-1)16-9-14(20-12)11-5-6-13-15(17-11)19-8-7-18-13/h1-6,14,16H,7-9H2. The zero-order chi connectivity index (χ0) is 13.4. The fraction of sp³-hybridized carbons (Fsp3) is 0.267. The van der Waals surface area contributed by atoms with Gasteiger partial charge in [0.05, 0.1) is 17.9 Å². The Balaban J connectivity index is 1.63. The average molecular weight is 270 g/mol. The third kappa shape index (κ3) is 1.91. The van der Waals surface area contributed by atoms with Gasteiger partial charge in [0.2, 0.25) is 0 Å². The summed E-state index contributed by atoms with van der Waals surface area (Å²) in [4.78, 5) is 4.50. The molecule has 0 spiro atoms. The van der Waals surface area contributed by atoms with Crippen molar-refractivity contribution < 1.29 is 14.2 Å². The first kappa shape index (κ1) is 11.4. The van der Waals surface area contributed by atoms with Crippen LogP contribution in [0.4, 0.5) is 5.69 Å². The van der Waals surface area contributed by atoms with Gasteiger partial charge in [-0.1, -0.05) is 12.1 Å². The van der Waals surface area contributed by atoms with Gasteiger partial charge in [-0.15, -0.1) is 0 Å². The summed E-state index contributed by atoms with van der Waals surface area (Å²) < 4.78 is 17.0. The Morgan fingerprint density at radius 2 is 1.90 bits per heavy atom. The van der Waals surface area contributed by atoms with Crippen molar-refractivity contribution in [2.75, 3.05) is 25.1 Å². The topological polar surface area (TPSA) is 52.6 Å². The predicted molar refractivity (Wildman–Crippen MR) is 73.5 cm³/mol. The van der Waals surface area contributed by atoms with E-state index in [-0.39, 0.29) is 6.10 Å². The smallest absolute Gasteiger partial charge is 0.257 e. The van der Waals surface area contributed by atoms with Crippen LogP contribution in [0.3, 0.4) is 0 Å². The second-order valence-corrected chi connectivity index (χ2v) is 4.72. The van der Waals surface area contributed by atoms with E-state index in [2.05, 4.69) is 10.3 Å². The van der Waals surface area contributed by atoms with Crippen LogP contribution in [0.1, 0.15) is 11.8 Å². The molecule has 1 aromatic heterocycles. The first-order valence-corrected chi connectivity index (χ1v) is 6.66. The maximum atomic E-state index is 5.99. The molecule has 2 aliphatic heterocycles. The van der Waals surface area contributed by atoms with Crippen molar-refractivity contribution in [1.29, 1.82) is 0 Å². The number of hydrogen-bond acceptors (Lipinski definition) is 5. The van der Waals surface area contributed by atoms with E-state index in [4.69, 9.17) is 14.2 Å². The van der Waals surface area contributed by atoms with Gasteiger partial charge in [0.25, 0.3) is 5.88 Å². The predicted octanol–water partition coefficient (Wildman–Crippen LogP) is 2.40. The summed E-state index contributed by atoms with van der Waals surface area (Å²) in [5, 5.41) is 3.35. The highest BCUT2D eigenvalue weighted by Crippen LogP contribution is 2.35. The first-order chi connectivity index (χ1) is 9.90. The highest BCUT2D eigenvalue weighted by molar-refractivity contribution is 5.58. The first-order valence-electron chi connectivity index (χ1n) is 6.66. The molecule has 20 heavy (non-hydrogen) atoms. The van der Waals surface area contributed by atoms with Crippen LogP contribution in [0.5, 0.6) is 17.4 Å². The van der Waals surface area contributed by atoms with Crippen molar-refractivity contribution in [3.8, 4) is 17.4 Å². The molecule has 2 aliphatic rings. The minimum absolute atomic E-state index is 0.124. The highest BCUT2D eigenvalue weighted by atomic mass is 16.6. The van der Waals surface area contributed by atoms with E-state index in [1.807, 2.05) is 36.4 Å². The van der Waals surface area contributed by atoms with Gasteiger partial charge >= 0.3 is 0 Å². The summed E-state index contributed by atoms with van der Waals surface area (Å²) in [6.45, 7) is 1.79. The summed E-state index contributed by atoms with van der Waals surface area (Å²) in [6.07, 6.45) is -0.124. The van der Waals surface area contributed by atoms with Gasteiger partial charge in [0.15, 0.2) is 11.9 Å². The van der Waals surface area contributed by atoms with Gasteiger partial charge in [0.1, 0.15) is 19.0 Å². The minimum Gasteiger partial charge on any atom is -0.484 e. The number of benzene rings is 1. The lowest BCUT2D eigenvalue weighted by atomic mass is 10.1. The molecule has 5 nitrogen and oxygen atoms in total. The normalized spacial score (nSPS) is 19.5. The Labute approximate surface area is 116 Å². The molecule has 1 N–H and O–H groups in total.